The van der Waals surface area contributed by atoms with E-state index in [2.05, 4.69) is 35.5 Å². The highest BCUT2D eigenvalue weighted by Crippen LogP contribution is 2.17. The van der Waals surface area contributed by atoms with Gasteiger partial charge in [-0.15, -0.1) is 24.0 Å². The first-order chi connectivity index (χ1) is 8.67. The molecule has 2 N–H and O–H groups in total. The van der Waals surface area contributed by atoms with E-state index in [1.807, 2.05) is 18.2 Å². The van der Waals surface area contributed by atoms with Gasteiger partial charge in [0.1, 0.15) is 5.75 Å². The molecule has 0 aliphatic heterocycles. The van der Waals surface area contributed by atoms with Gasteiger partial charge in [-0.3, -0.25) is 4.99 Å². The fourth-order valence-corrected chi connectivity index (χ4v) is 1.69. The van der Waals surface area contributed by atoms with Crippen molar-refractivity contribution in [1.82, 2.24) is 10.6 Å². The van der Waals surface area contributed by atoms with Crippen LogP contribution in [-0.2, 0) is 6.42 Å². The molecule has 19 heavy (non-hydrogen) atoms. The van der Waals surface area contributed by atoms with E-state index in [4.69, 9.17) is 4.74 Å². The summed E-state index contributed by atoms with van der Waals surface area (Å²) >= 11 is 0. The second-order valence-corrected chi connectivity index (χ2v) is 4.36. The molecule has 0 saturated carbocycles. The Morgan fingerprint density at radius 2 is 2.00 bits per heavy atom. The van der Waals surface area contributed by atoms with E-state index in [0.29, 0.717) is 6.04 Å². The van der Waals surface area contributed by atoms with E-state index in [-0.39, 0.29) is 24.0 Å². The van der Waals surface area contributed by atoms with Crippen molar-refractivity contribution in [2.24, 2.45) is 4.99 Å². The Balaban J connectivity index is 0.00000324. The van der Waals surface area contributed by atoms with Crippen molar-refractivity contribution in [2.75, 3.05) is 20.7 Å². The molecule has 0 unspecified atom stereocenters. The number of rotatable bonds is 5. The van der Waals surface area contributed by atoms with Crippen LogP contribution >= 0.6 is 24.0 Å². The van der Waals surface area contributed by atoms with E-state index < -0.39 is 0 Å². The van der Waals surface area contributed by atoms with Crippen LogP contribution in [0.15, 0.2) is 29.3 Å². The highest BCUT2D eigenvalue weighted by molar-refractivity contribution is 14.0. The van der Waals surface area contributed by atoms with Gasteiger partial charge in [0.05, 0.1) is 7.11 Å². The van der Waals surface area contributed by atoms with Crippen molar-refractivity contribution in [3.8, 4) is 5.75 Å². The van der Waals surface area contributed by atoms with Gasteiger partial charge in [0.15, 0.2) is 5.96 Å². The predicted octanol–water partition coefficient (Wildman–Crippen LogP) is 2.43. The standard InChI is InChI=1S/C14H23N3O.HI/c1-11(2)17-14(15-3)16-10-9-12-7-5-6-8-13(12)18-4;/h5-8,11H,9-10H2,1-4H3,(H2,15,16,17);1H. The van der Waals surface area contributed by atoms with Gasteiger partial charge in [-0.2, -0.15) is 0 Å². The number of ether oxygens (including phenoxy) is 1. The topological polar surface area (TPSA) is 45.7 Å². The Bertz CT molecular complexity index is 394. The fraction of sp³-hybridized carbons (Fsp3) is 0.500. The number of benzene rings is 1. The minimum absolute atomic E-state index is 0. The maximum absolute atomic E-state index is 5.32. The Morgan fingerprint density at radius 3 is 2.58 bits per heavy atom. The maximum Gasteiger partial charge on any atom is 0.191 e. The monoisotopic (exact) mass is 377 g/mol. The number of methoxy groups -OCH3 is 1. The molecule has 0 radical (unpaired) electrons. The summed E-state index contributed by atoms with van der Waals surface area (Å²) in [5.74, 6) is 1.77. The summed E-state index contributed by atoms with van der Waals surface area (Å²) in [5.41, 5.74) is 1.20. The molecule has 1 aromatic carbocycles. The summed E-state index contributed by atoms with van der Waals surface area (Å²) in [7, 11) is 3.48. The average Bonchev–Trinajstić information content (AvgIpc) is 2.37. The number of hydrogen-bond acceptors (Lipinski definition) is 2. The first kappa shape index (κ1) is 18.0. The van der Waals surface area contributed by atoms with Crippen molar-refractivity contribution >= 4 is 29.9 Å². The molecule has 0 heterocycles. The number of nitrogens with zero attached hydrogens (tertiary/aromatic N) is 1. The Morgan fingerprint density at radius 1 is 1.32 bits per heavy atom. The molecule has 0 amide bonds. The summed E-state index contributed by atoms with van der Waals surface area (Å²) in [5, 5.41) is 6.54. The van der Waals surface area contributed by atoms with Gasteiger partial charge in [0, 0.05) is 19.6 Å². The number of nitrogens with one attached hydrogen (secondary N) is 2. The normalized spacial score (nSPS) is 10.9. The molecule has 0 fully saturated rings. The van der Waals surface area contributed by atoms with Crippen LogP contribution in [0, 0.1) is 0 Å². The summed E-state index contributed by atoms with van der Waals surface area (Å²) < 4.78 is 5.32. The summed E-state index contributed by atoms with van der Waals surface area (Å²) in [6.45, 7) is 5.01. The minimum atomic E-state index is 0. The van der Waals surface area contributed by atoms with Gasteiger partial charge in [0.25, 0.3) is 0 Å². The van der Waals surface area contributed by atoms with E-state index in [0.717, 1.165) is 24.7 Å². The van der Waals surface area contributed by atoms with Gasteiger partial charge in [0.2, 0.25) is 0 Å². The third kappa shape index (κ3) is 6.66. The molecule has 0 atom stereocenters. The lowest BCUT2D eigenvalue weighted by molar-refractivity contribution is 0.409. The van der Waals surface area contributed by atoms with E-state index in [9.17, 15) is 0 Å². The Kier molecular flexibility index (Phi) is 9.38. The van der Waals surface area contributed by atoms with Gasteiger partial charge in [-0.1, -0.05) is 18.2 Å². The number of guanidine groups is 1. The largest absolute Gasteiger partial charge is 0.496 e. The first-order valence-electron chi connectivity index (χ1n) is 6.26. The van der Waals surface area contributed by atoms with Crippen molar-refractivity contribution in [1.29, 1.82) is 0 Å². The molecule has 1 rings (SSSR count). The molecule has 5 heteroatoms. The predicted molar refractivity (Wildman–Crippen MR) is 91.7 cm³/mol. The van der Waals surface area contributed by atoms with Crippen LogP contribution in [0.5, 0.6) is 5.75 Å². The zero-order valence-corrected chi connectivity index (χ0v) is 14.4. The Hall–Kier alpha value is -0.980. The zero-order valence-electron chi connectivity index (χ0n) is 12.1. The average molecular weight is 377 g/mol. The van der Waals surface area contributed by atoms with Gasteiger partial charge >= 0.3 is 0 Å². The molecule has 0 saturated heterocycles. The summed E-state index contributed by atoms with van der Waals surface area (Å²) in [6.07, 6.45) is 0.906. The van der Waals surface area contributed by atoms with Gasteiger partial charge < -0.3 is 15.4 Å². The van der Waals surface area contributed by atoms with Crippen LogP contribution in [-0.4, -0.2) is 32.7 Å². The number of hydrogen-bond donors (Lipinski definition) is 2. The lowest BCUT2D eigenvalue weighted by Gasteiger charge is -2.15. The molecular weight excluding hydrogens is 353 g/mol. The number of halogens is 1. The molecule has 108 valence electrons. The van der Waals surface area contributed by atoms with Crippen LogP contribution in [0.2, 0.25) is 0 Å². The van der Waals surface area contributed by atoms with Crippen molar-refractivity contribution < 1.29 is 4.74 Å². The molecular formula is C14H24IN3O. The second-order valence-electron chi connectivity index (χ2n) is 4.36. The smallest absolute Gasteiger partial charge is 0.191 e. The van der Waals surface area contributed by atoms with Crippen LogP contribution in [0.3, 0.4) is 0 Å². The highest BCUT2D eigenvalue weighted by Gasteiger charge is 2.03. The van der Waals surface area contributed by atoms with Crippen LogP contribution < -0.4 is 15.4 Å². The van der Waals surface area contributed by atoms with Crippen molar-refractivity contribution in [3.05, 3.63) is 29.8 Å². The highest BCUT2D eigenvalue weighted by atomic mass is 127. The molecule has 0 aliphatic rings. The lowest BCUT2D eigenvalue weighted by Crippen LogP contribution is -2.41. The third-order valence-corrected chi connectivity index (χ3v) is 2.53. The number of aliphatic imine (C=N–C) groups is 1. The minimum Gasteiger partial charge on any atom is -0.496 e. The van der Waals surface area contributed by atoms with Crippen LogP contribution in [0.1, 0.15) is 19.4 Å². The lowest BCUT2D eigenvalue weighted by atomic mass is 10.1. The molecule has 0 aliphatic carbocycles. The molecule has 4 nitrogen and oxygen atoms in total. The van der Waals surface area contributed by atoms with E-state index in [1.165, 1.54) is 5.56 Å². The summed E-state index contributed by atoms with van der Waals surface area (Å²) in [6, 6.07) is 8.45. The van der Waals surface area contributed by atoms with Gasteiger partial charge in [-0.05, 0) is 31.9 Å². The van der Waals surface area contributed by atoms with Gasteiger partial charge in [-0.25, -0.2) is 0 Å². The summed E-state index contributed by atoms with van der Waals surface area (Å²) in [4.78, 5) is 4.17. The molecule has 0 spiro atoms. The number of para-hydroxylation sites is 1. The molecule has 0 bridgehead atoms. The molecule has 0 aromatic heterocycles. The second kappa shape index (κ2) is 9.89. The maximum atomic E-state index is 5.32. The molecule has 1 aromatic rings. The SMILES string of the molecule is CN=C(NCCc1ccccc1OC)NC(C)C.I. The Labute approximate surface area is 133 Å². The van der Waals surface area contributed by atoms with E-state index in [1.54, 1.807) is 14.2 Å². The first-order valence-corrected chi connectivity index (χ1v) is 6.26. The zero-order chi connectivity index (χ0) is 13.4. The third-order valence-electron chi connectivity index (χ3n) is 2.53. The fourth-order valence-electron chi connectivity index (χ4n) is 1.69. The quantitative estimate of drug-likeness (QED) is 0.471. The van der Waals surface area contributed by atoms with Crippen molar-refractivity contribution in [2.45, 2.75) is 26.3 Å². The van der Waals surface area contributed by atoms with Crippen LogP contribution in [0.4, 0.5) is 0 Å². The van der Waals surface area contributed by atoms with E-state index >= 15 is 0 Å². The van der Waals surface area contributed by atoms with Crippen LogP contribution in [0.25, 0.3) is 0 Å². The van der Waals surface area contributed by atoms with Crippen molar-refractivity contribution in [3.63, 3.8) is 0 Å².